The van der Waals surface area contributed by atoms with E-state index in [1.807, 2.05) is 10.6 Å². The topological polar surface area (TPSA) is 54.2 Å². The van der Waals surface area contributed by atoms with E-state index in [1.165, 1.54) is 5.56 Å². The number of rotatable bonds is 7. The fourth-order valence-electron chi connectivity index (χ4n) is 2.07. The zero-order chi connectivity index (χ0) is 13.5. The largest absolute Gasteiger partial charge is 0.388 e. The molecule has 0 bridgehead atoms. The van der Waals surface area contributed by atoms with Crippen molar-refractivity contribution in [1.82, 2.24) is 19.7 Å². The Morgan fingerprint density at radius 3 is 2.79 bits per heavy atom. The summed E-state index contributed by atoms with van der Waals surface area (Å²) in [7, 11) is 2.12. The van der Waals surface area contributed by atoms with Gasteiger partial charge in [-0.15, -0.1) is 10.2 Å². The Morgan fingerprint density at radius 2 is 2.05 bits per heavy atom. The predicted molar refractivity (Wildman–Crippen MR) is 73.3 cm³/mol. The molecule has 1 heterocycles. The number of hydrogen-bond acceptors (Lipinski definition) is 4. The first-order chi connectivity index (χ1) is 9.29. The van der Waals surface area contributed by atoms with Crippen LogP contribution in [0.3, 0.4) is 0 Å². The van der Waals surface area contributed by atoms with Crippen LogP contribution < -0.4 is 0 Å². The Bertz CT molecular complexity index is 483. The molecule has 5 nitrogen and oxygen atoms in total. The number of nitrogens with zero attached hydrogens (tertiary/aromatic N) is 4. The Labute approximate surface area is 113 Å². The second kappa shape index (κ2) is 7.01. The molecule has 0 saturated heterocycles. The number of aromatic nitrogens is 3. The second-order valence-electron chi connectivity index (χ2n) is 4.68. The van der Waals surface area contributed by atoms with Gasteiger partial charge in [-0.3, -0.25) is 0 Å². The molecule has 0 unspecified atom stereocenters. The van der Waals surface area contributed by atoms with Crippen LogP contribution in [0.2, 0.25) is 0 Å². The quantitative estimate of drug-likeness (QED) is 0.815. The molecule has 1 aromatic carbocycles. The van der Waals surface area contributed by atoms with E-state index in [4.69, 9.17) is 5.11 Å². The highest BCUT2D eigenvalue weighted by molar-refractivity contribution is 5.14. The van der Waals surface area contributed by atoms with Gasteiger partial charge in [-0.1, -0.05) is 30.3 Å². The van der Waals surface area contributed by atoms with Crippen LogP contribution in [0.1, 0.15) is 17.8 Å². The minimum Gasteiger partial charge on any atom is -0.388 e. The van der Waals surface area contributed by atoms with E-state index in [9.17, 15) is 0 Å². The number of hydrogen-bond donors (Lipinski definition) is 1. The lowest BCUT2D eigenvalue weighted by Crippen LogP contribution is -2.20. The third-order valence-corrected chi connectivity index (χ3v) is 3.07. The van der Waals surface area contributed by atoms with Crippen LogP contribution >= 0.6 is 0 Å². The second-order valence-corrected chi connectivity index (χ2v) is 4.68. The van der Waals surface area contributed by atoms with E-state index in [2.05, 4.69) is 46.4 Å². The molecule has 2 aromatic rings. The van der Waals surface area contributed by atoms with Crippen molar-refractivity contribution in [3.05, 3.63) is 48.0 Å². The van der Waals surface area contributed by atoms with Crippen LogP contribution in [-0.2, 0) is 19.7 Å². The Morgan fingerprint density at radius 1 is 1.26 bits per heavy atom. The fraction of sp³-hybridized carbons (Fsp3) is 0.429. The SMILES string of the molecule is CN(CCCn1cnnc1CO)Cc1ccccc1. The van der Waals surface area contributed by atoms with Gasteiger partial charge in [-0.2, -0.15) is 0 Å². The molecule has 2 rings (SSSR count). The van der Waals surface area contributed by atoms with E-state index >= 15 is 0 Å². The Hall–Kier alpha value is -1.72. The molecule has 102 valence electrons. The lowest BCUT2D eigenvalue weighted by Gasteiger charge is -2.16. The summed E-state index contributed by atoms with van der Waals surface area (Å²) in [6, 6.07) is 10.4. The predicted octanol–water partition coefficient (Wildman–Crippen LogP) is 1.29. The average Bonchev–Trinajstić information content (AvgIpc) is 2.87. The highest BCUT2D eigenvalue weighted by Gasteiger charge is 2.03. The maximum atomic E-state index is 9.08. The molecular weight excluding hydrogens is 240 g/mol. The van der Waals surface area contributed by atoms with Gasteiger partial charge in [0.2, 0.25) is 0 Å². The van der Waals surface area contributed by atoms with Crippen molar-refractivity contribution in [1.29, 1.82) is 0 Å². The number of aliphatic hydroxyl groups is 1. The summed E-state index contributed by atoms with van der Waals surface area (Å²) in [6.45, 7) is 2.73. The normalized spacial score (nSPS) is 11.1. The Kier molecular flexibility index (Phi) is 5.06. The van der Waals surface area contributed by atoms with Crippen molar-refractivity contribution in [2.75, 3.05) is 13.6 Å². The maximum absolute atomic E-state index is 9.08. The molecule has 0 aliphatic heterocycles. The summed E-state index contributed by atoms with van der Waals surface area (Å²) in [5, 5.41) is 16.7. The van der Waals surface area contributed by atoms with E-state index in [1.54, 1.807) is 6.33 Å². The number of benzene rings is 1. The van der Waals surface area contributed by atoms with Gasteiger partial charge in [0, 0.05) is 13.1 Å². The summed E-state index contributed by atoms with van der Waals surface area (Å²) in [6.07, 6.45) is 2.68. The van der Waals surface area contributed by atoms with E-state index < -0.39 is 0 Å². The summed E-state index contributed by atoms with van der Waals surface area (Å²) >= 11 is 0. The highest BCUT2D eigenvalue weighted by atomic mass is 16.3. The van der Waals surface area contributed by atoms with Gasteiger partial charge in [0.15, 0.2) is 5.82 Å². The van der Waals surface area contributed by atoms with Gasteiger partial charge in [0.1, 0.15) is 12.9 Å². The molecule has 0 aliphatic rings. The molecule has 0 radical (unpaired) electrons. The molecule has 5 heteroatoms. The molecule has 0 fully saturated rings. The molecule has 1 aromatic heterocycles. The van der Waals surface area contributed by atoms with Crippen LogP contribution in [0.15, 0.2) is 36.7 Å². The van der Waals surface area contributed by atoms with Crippen molar-refractivity contribution >= 4 is 0 Å². The fourth-order valence-corrected chi connectivity index (χ4v) is 2.07. The molecule has 0 aliphatic carbocycles. The monoisotopic (exact) mass is 260 g/mol. The first-order valence-electron chi connectivity index (χ1n) is 6.49. The molecule has 19 heavy (non-hydrogen) atoms. The molecular formula is C14H20N4O. The third-order valence-electron chi connectivity index (χ3n) is 3.07. The standard InChI is InChI=1S/C14H20N4O/c1-17(10-13-6-3-2-4-7-13)8-5-9-18-12-15-16-14(18)11-19/h2-4,6-7,12,19H,5,8-11H2,1H3. The van der Waals surface area contributed by atoms with E-state index in [-0.39, 0.29) is 6.61 Å². The molecule has 0 atom stereocenters. The summed E-state index contributed by atoms with van der Waals surface area (Å²) in [4.78, 5) is 2.29. The van der Waals surface area contributed by atoms with Gasteiger partial charge in [0.05, 0.1) is 0 Å². The van der Waals surface area contributed by atoms with E-state index in [0.717, 1.165) is 26.1 Å². The molecule has 0 spiro atoms. The summed E-state index contributed by atoms with van der Waals surface area (Å²) in [5.41, 5.74) is 1.32. The zero-order valence-electron chi connectivity index (χ0n) is 11.2. The van der Waals surface area contributed by atoms with Gasteiger partial charge in [-0.05, 0) is 25.6 Å². The smallest absolute Gasteiger partial charge is 0.158 e. The van der Waals surface area contributed by atoms with Gasteiger partial charge < -0.3 is 14.6 Å². The van der Waals surface area contributed by atoms with Crippen molar-refractivity contribution in [3.63, 3.8) is 0 Å². The zero-order valence-corrected chi connectivity index (χ0v) is 11.2. The first-order valence-corrected chi connectivity index (χ1v) is 6.49. The number of aliphatic hydroxyl groups excluding tert-OH is 1. The molecule has 0 amide bonds. The summed E-state index contributed by atoms with van der Waals surface area (Å²) < 4.78 is 1.90. The van der Waals surface area contributed by atoms with Crippen molar-refractivity contribution < 1.29 is 5.11 Å². The molecule has 1 N–H and O–H groups in total. The van der Waals surface area contributed by atoms with Crippen molar-refractivity contribution in [2.24, 2.45) is 0 Å². The van der Waals surface area contributed by atoms with Gasteiger partial charge >= 0.3 is 0 Å². The lowest BCUT2D eigenvalue weighted by molar-refractivity contribution is 0.261. The van der Waals surface area contributed by atoms with Crippen LogP contribution in [0, 0.1) is 0 Å². The minimum atomic E-state index is -0.0557. The van der Waals surface area contributed by atoms with Crippen LogP contribution in [0.4, 0.5) is 0 Å². The molecule has 0 saturated carbocycles. The van der Waals surface area contributed by atoms with Gasteiger partial charge in [0.25, 0.3) is 0 Å². The van der Waals surface area contributed by atoms with Crippen molar-refractivity contribution in [2.45, 2.75) is 26.1 Å². The van der Waals surface area contributed by atoms with Crippen LogP contribution in [0.5, 0.6) is 0 Å². The van der Waals surface area contributed by atoms with Crippen LogP contribution in [0.25, 0.3) is 0 Å². The van der Waals surface area contributed by atoms with Gasteiger partial charge in [-0.25, -0.2) is 0 Å². The average molecular weight is 260 g/mol. The lowest BCUT2D eigenvalue weighted by atomic mass is 10.2. The van der Waals surface area contributed by atoms with E-state index in [0.29, 0.717) is 5.82 Å². The minimum absolute atomic E-state index is 0.0557. The van der Waals surface area contributed by atoms with Crippen molar-refractivity contribution in [3.8, 4) is 0 Å². The summed E-state index contributed by atoms with van der Waals surface area (Å²) in [5.74, 6) is 0.630. The van der Waals surface area contributed by atoms with Crippen LogP contribution in [-0.4, -0.2) is 38.4 Å². The number of aryl methyl sites for hydroxylation is 1. The third kappa shape index (κ3) is 4.15. The maximum Gasteiger partial charge on any atom is 0.158 e. The highest BCUT2D eigenvalue weighted by Crippen LogP contribution is 2.04. The Balaban J connectivity index is 1.74. The first kappa shape index (κ1) is 13.7.